The monoisotopic (exact) mass is 489 g/mol. The number of pyridine rings is 4. The van der Waals surface area contributed by atoms with E-state index in [1.165, 1.54) is 0 Å². The van der Waals surface area contributed by atoms with Crippen molar-refractivity contribution in [2.24, 2.45) is 5.92 Å². The third kappa shape index (κ3) is 4.40. The predicted molar refractivity (Wildman–Crippen MR) is 141 cm³/mol. The fourth-order valence-corrected chi connectivity index (χ4v) is 4.25. The molecule has 0 aliphatic heterocycles. The first-order chi connectivity index (χ1) is 18.0. The minimum absolute atomic E-state index is 0.0373. The number of nitrogens with zero attached hydrogens (tertiary/aromatic N) is 6. The van der Waals surface area contributed by atoms with Crippen LogP contribution in [0.1, 0.15) is 20.3 Å². The Morgan fingerprint density at radius 3 is 2.65 bits per heavy atom. The third-order valence-corrected chi connectivity index (χ3v) is 5.93. The van der Waals surface area contributed by atoms with Crippen LogP contribution in [0.5, 0.6) is 0 Å². The molecule has 0 unspecified atom stereocenters. The first kappa shape index (κ1) is 22.5. The van der Waals surface area contributed by atoms with Crippen LogP contribution in [0.4, 0.5) is 5.69 Å². The number of hydrogen-bond donors (Lipinski definition) is 3. The van der Waals surface area contributed by atoms with Crippen LogP contribution < -0.4 is 5.32 Å². The number of hydrogen-bond acceptors (Lipinski definition) is 7. The molecule has 10 heteroatoms. The number of carbonyl (C=O) groups is 1. The third-order valence-electron chi connectivity index (χ3n) is 5.93. The molecule has 1 amide bonds. The number of rotatable bonds is 6. The Bertz CT molecular complexity index is 1740. The zero-order valence-corrected chi connectivity index (χ0v) is 20.2. The number of H-pyrrole nitrogens is 2. The topological polar surface area (TPSA) is 138 Å². The summed E-state index contributed by atoms with van der Waals surface area (Å²) in [4.78, 5) is 38.0. The first-order valence-corrected chi connectivity index (χ1v) is 11.9. The van der Waals surface area contributed by atoms with E-state index in [2.05, 4.69) is 40.4 Å². The number of fused-ring (bicyclic) bond motifs is 2. The summed E-state index contributed by atoms with van der Waals surface area (Å²) in [5, 5.41) is 11.2. The Kier molecular flexibility index (Phi) is 5.61. The summed E-state index contributed by atoms with van der Waals surface area (Å²) < 4.78 is 0. The van der Waals surface area contributed by atoms with Gasteiger partial charge in [0.05, 0.1) is 28.5 Å². The summed E-state index contributed by atoms with van der Waals surface area (Å²) in [5.74, 6) is 0.840. The maximum Gasteiger partial charge on any atom is 0.224 e. The molecule has 0 saturated carbocycles. The van der Waals surface area contributed by atoms with Gasteiger partial charge in [-0.2, -0.15) is 5.10 Å². The number of aromatic amines is 2. The molecule has 0 fully saturated rings. The van der Waals surface area contributed by atoms with Crippen LogP contribution in [-0.4, -0.2) is 46.0 Å². The SMILES string of the molecule is CC(C)CC(=O)Nc1cncc(-c2cnc3[nH]nc(-c4nc5c(-c6cccnc6)nccc5[nH]4)c3c2)c1. The van der Waals surface area contributed by atoms with Crippen LogP contribution in [-0.2, 0) is 4.79 Å². The van der Waals surface area contributed by atoms with E-state index < -0.39 is 0 Å². The molecule has 182 valence electrons. The fourth-order valence-electron chi connectivity index (χ4n) is 4.25. The van der Waals surface area contributed by atoms with Crippen molar-refractivity contribution < 1.29 is 4.79 Å². The molecule has 0 radical (unpaired) electrons. The zero-order valence-electron chi connectivity index (χ0n) is 20.2. The molecule has 37 heavy (non-hydrogen) atoms. The van der Waals surface area contributed by atoms with Crippen LogP contribution in [0.15, 0.2) is 67.5 Å². The summed E-state index contributed by atoms with van der Waals surface area (Å²) in [6, 6.07) is 9.59. The number of nitrogens with one attached hydrogen (secondary N) is 3. The number of amides is 1. The number of anilines is 1. The molecular formula is C27H23N9O. The van der Waals surface area contributed by atoms with Crippen LogP contribution in [0.2, 0.25) is 0 Å². The second kappa shape index (κ2) is 9.23. The van der Waals surface area contributed by atoms with Crippen molar-refractivity contribution in [2.75, 3.05) is 5.32 Å². The number of imidazole rings is 1. The van der Waals surface area contributed by atoms with Gasteiger partial charge in [0.2, 0.25) is 5.91 Å². The molecule has 0 aliphatic rings. The van der Waals surface area contributed by atoms with Gasteiger partial charge in [-0.05, 0) is 36.2 Å². The van der Waals surface area contributed by atoms with Gasteiger partial charge in [0.15, 0.2) is 11.5 Å². The molecule has 6 heterocycles. The van der Waals surface area contributed by atoms with Gasteiger partial charge in [0, 0.05) is 54.1 Å². The smallest absolute Gasteiger partial charge is 0.224 e. The van der Waals surface area contributed by atoms with Crippen LogP contribution in [0.25, 0.3) is 56.0 Å². The Balaban J connectivity index is 1.38. The highest BCUT2D eigenvalue weighted by Crippen LogP contribution is 2.31. The molecule has 3 N–H and O–H groups in total. The van der Waals surface area contributed by atoms with Crippen molar-refractivity contribution in [3.05, 3.63) is 67.5 Å². The van der Waals surface area contributed by atoms with Gasteiger partial charge in [-0.1, -0.05) is 13.8 Å². The molecule has 0 aromatic carbocycles. The maximum atomic E-state index is 12.2. The van der Waals surface area contributed by atoms with E-state index in [9.17, 15) is 4.79 Å². The van der Waals surface area contributed by atoms with Gasteiger partial charge >= 0.3 is 0 Å². The summed E-state index contributed by atoms with van der Waals surface area (Å²) in [6.45, 7) is 4.02. The maximum absolute atomic E-state index is 12.2. The van der Waals surface area contributed by atoms with E-state index in [4.69, 9.17) is 4.98 Å². The molecule has 0 atom stereocenters. The lowest BCUT2D eigenvalue weighted by Crippen LogP contribution is -2.13. The minimum atomic E-state index is -0.0373. The van der Waals surface area contributed by atoms with Crippen LogP contribution in [0.3, 0.4) is 0 Å². The summed E-state index contributed by atoms with van der Waals surface area (Å²) in [7, 11) is 0. The summed E-state index contributed by atoms with van der Waals surface area (Å²) >= 11 is 0. The molecule has 6 aromatic heterocycles. The Labute approximate surface area is 211 Å². The van der Waals surface area contributed by atoms with E-state index >= 15 is 0 Å². The molecule has 0 aliphatic carbocycles. The molecule has 0 spiro atoms. The quantitative estimate of drug-likeness (QED) is 0.299. The number of carbonyl (C=O) groups excluding carboxylic acids is 1. The van der Waals surface area contributed by atoms with E-state index in [0.717, 1.165) is 38.8 Å². The molecule has 10 nitrogen and oxygen atoms in total. The van der Waals surface area contributed by atoms with Gasteiger partial charge in [-0.3, -0.25) is 24.8 Å². The van der Waals surface area contributed by atoms with E-state index in [1.54, 1.807) is 37.2 Å². The van der Waals surface area contributed by atoms with Crippen molar-refractivity contribution >= 4 is 33.7 Å². The highest BCUT2D eigenvalue weighted by atomic mass is 16.1. The fraction of sp³-hybridized carbons (Fsp3) is 0.148. The second-order valence-electron chi connectivity index (χ2n) is 9.18. The van der Waals surface area contributed by atoms with E-state index in [0.29, 0.717) is 29.3 Å². The Morgan fingerprint density at radius 2 is 1.81 bits per heavy atom. The van der Waals surface area contributed by atoms with E-state index in [-0.39, 0.29) is 11.8 Å². The van der Waals surface area contributed by atoms with Crippen LogP contribution in [0, 0.1) is 5.92 Å². The average Bonchev–Trinajstić information content (AvgIpc) is 3.52. The van der Waals surface area contributed by atoms with Crippen molar-refractivity contribution in [3.8, 4) is 33.9 Å². The second-order valence-corrected chi connectivity index (χ2v) is 9.18. The molecule has 6 aromatic rings. The largest absolute Gasteiger partial charge is 0.336 e. The first-order valence-electron chi connectivity index (χ1n) is 11.9. The van der Waals surface area contributed by atoms with Crippen molar-refractivity contribution in [1.29, 1.82) is 0 Å². The molecule has 6 rings (SSSR count). The lowest BCUT2D eigenvalue weighted by Gasteiger charge is -2.08. The van der Waals surface area contributed by atoms with Crippen molar-refractivity contribution in [3.63, 3.8) is 0 Å². The van der Waals surface area contributed by atoms with Gasteiger partial charge in [-0.15, -0.1) is 0 Å². The molecule has 0 saturated heterocycles. The predicted octanol–water partition coefficient (Wildman–Crippen LogP) is 5.00. The number of aromatic nitrogens is 8. The van der Waals surface area contributed by atoms with Gasteiger partial charge < -0.3 is 10.3 Å². The van der Waals surface area contributed by atoms with Crippen LogP contribution >= 0.6 is 0 Å². The highest BCUT2D eigenvalue weighted by molar-refractivity contribution is 5.96. The highest BCUT2D eigenvalue weighted by Gasteiger charge is 2.17. The standard InChI is InChI=1S/C27H23N9O/c1-15(2)8-22(37)32-19-9-17(12-29-14-19)18-10-20-24(35-36-26(20)31-13-18)27-33-21-5-7-30-23(25(21)34-27)16-4-3-6-28-11-16/h3-7,9-15H,8H2,1-2H3,(H,32,37)(H,33,34)(H,31,35,36). The zero-order chi connectivity index (χ0) is 25.4. The lowest BCUT2D eigenvalue weighted by molar-refractivity contribution is -0.116. The normalized spacial score (nSPS) is 11.4. The Morgan fingerprint density at radius 1 is 0.946 bits per heavy atom. The lowest BCUT2D eigenvalue weighted by atomic mass is 10.1. The molecular weight excluding hydrogens is 466 g/mol. The minimum Gasteiger partial charge on any atom is -0.336 e. The van der Waals surface area contributed by atoms with Crippen molar-refractivity contribution in [2.45, 2.75) is 20.3 Å². The summed E-state index contributed by atoms with van der Waals surface area (Å²) in [5.41, 5.74) is 6.81. The van der Waals surface area contributed by atoms with E-state index in [1.807, 2.05) is 44.2 Å². The summed E-state index contributed by atoms with van der Waals surface area (Å²) in [6.07, 6.45) is 10.8. The van der Waals surface area contributed by atoms with Gasteiger partial charge in [0.1, 0.15) is 11.2 Å². The molecule has 0 bridgehead atoms. The Hall–Kier alpha value is -4.99. The van der Waals surface area contributed by atoms with Gasteiger partial charge in [0.25, 0.3) is 0 Å². The van der Waals surface area contributed by atoms with Gasteiger partial charge in [-0.25, -0.2) is 9.97 Å². The van der Waals surface area contributed by atoms with Crippen molar-refractivity contribution in [1.82, 2.24) is 40.1 Å². The average molecular weight is 490 g/mol.